The lowest BCUT2D eigenvalue weighted by molar-refractivity contribution is -0.677. The predicted octanol–water partition coefficient (Wildman–Crippen LogP) is 2.50. The molecule has 0 spiro atoms. The number of aromatic nitrogens is 7. The lowest BCUT2D eigenvalue weighted by atomic mass is 10.0. The molecule has 2 aliphatic rings. The van der Waals surface area contributed by atoms with Crippen molar-refractivity contribution in [2.75, 3.05) is 4.90 Å². The highest BCUT2D eigenvalue weighted by Crippen LogP contribution is 2.43. The number of hydrogen-bond donors (Lipinski definition) is 0. The Morgan fingerprint density at radius 2 is 1.96 bits per heavy atom. The van der Waals surface area contributed by atoms with Crippen LogP contribution in [0.1, 0.15) is 62.5 Å². The number of hydrogen-bond acceptors (Lipinski definition) is 5. The third-order valence-corrected chi connectivity index (χ3v) is 6.33. The van der Waals surface area contributed by atoms with Gasteiger partial charge in [-0.1, -0.05) is 19.8 Å². The number of fused-ring (bicyclic) bond motifs is 3. The van der Waals surface area contributed by atoms with Crippen molar-refractivity contribution in [3.63, 3.8) is 0 Å². The Balaban J connectivity index is 1.73. The largest absolute Gasteiger partial charge is 0.341 e. The molecule has 28 heavy (non-hydrogen) atoms. The summed E-state index contributed by atoms with van der Waals surface area (Å²) >= 11 is 0. The van der Waals surface area contributed by atoms with Gasteiger partial charge in [-0.25, -0.2) is 4.57 Å². The van der Waals surface area contributed by atoms with Crippen LogP contribution in [0, 0.1) is 13.8 Å². The minimum absolute atomic E-state index is 0.196. The van der Waals surface area contributed by atoms with Gasteiger partial charge in [-0.15, -0.1) is 10.2 Å². The molecule has 3 aromatic heterocycles. The zero-order valence-corrected chi connectivity index (χ0v) is 17.0. The highest BCUT2D eigenvalue weighted by atomic mass is 15.4. The van der Waals surface area contributed by atoms with Crippen LogP contribution in [0.4, 0.5) is 5.82 Å². The smallest absolute Gasteiger partial charge is 0.327 e. The zero-order valence-electron chi connectivity index (χ0n) is 17.0. The van der Waals surface area contributed by atoms with Crippen LogP contribution in [0.15, 0.2) is 18.6 Å². The molecular weight excluding hydrogens is 352 g/mol. The zero-order chi connectivity index (χ0) is 19.4. The second-order valence-corrected chi connectivity index (χ2v) is 7.92. The first-order valence-electron chi connectivity index (χ1n) is 10.2. The van der Waals surface area contributed by atoms with E-state index in [1.807, 2.05) is 37.1 Å². The molecule has 0 bridgehead atoms. The summed E-state index contributed by atoms with van der Waals surface area (Å²) in [6.07, 6.45) is 11.9. The second-order valence-electron chi connectivity index (χ2n) is 7.92. The van der Waals surface area contributed by atoms with Gasteiger partial charge in [0.2, 0.25) is 0 Å². The minimum Gasteiger partial charge on any atom is -0.341 e. The number of aryl methyl sites for hydroxylation is 2. The average molecular weight is 379 g/mol. The van der Waals surface area contributed by atoms with E-state index in [2.05, 4.69) is 38.1 Å². The molecule has 1 atom stereocenters. The van der Waals surface area contributed by atoms with Gasteiger partial charge in [0.1, 0.15) is 23.9 Å². The van der Waals surface area contributed by atoms with Crippen LogP contribution < -0.4 is 9.47 Å². The first-order valence-corrected chi connectivity index (χ1v) is 10.2. The molecule has 1 saturated carbocycles. The minimum atomic E-state index is 0.196. The van der Waals surface area contributed by atoms with Gasteiger partial charge in [0.15, 0.2) is 11.6 Å². The second kappa shape index (κ2) is 6.39. The summed E-state index contributed by atoms with van der Waals surface area (Å²) in [5.74, 6) is 4.72. The van der Waals surface area contributed by atoms with Gasteiger partial charge >= 0.3 is 5.95 Å². The summed E-state index contributed by atoms with van der Waals surface area (Å²) in [7, 11) is 2.04. The van der Waals surface area contributed by atoms with E-state index in [4.69, 9.17) is 9.97 Å². The number of imidazole rings is 1. The molecule has 146 valence electrons. The van der Waals surface area contributed by atoms with Crippen molar-refractivity contribution >= 4 is 5.82 Å². The molecule has 0 N–H and O–H groups in total. The van der Waals surface area contributed by atoms with Gasteiger partial charge in [-0.3, -0.25) is 4.57 Å². The fraction of sp³-hybridized carbons (Fsp3) is 0.550. The number of anilines is 1. The van der Waals surface area contributed by atoms with Crippen molar-refractivity contribution in [3.8, 4) is 11.6 Å². The molecule has 0 amide bonds. The maximum Gasteiger partial charge on any atom is 0.327 e. The highest BCUT2D eigenvalue weighted by Gasteiger charge is 2.39. The average Bonchev–Trinajstić information content (AvgIpc) is 3.43. The van der Waals surface area contributed by atoms with E-state index in [0.29, 0.717) is 12.0 Å². The van der Waals surface area contributed by atoms with E-state index in [9.17, 15) is 0 Å². The monoisotopic (exact) mass is 379 g/mol. The van der Waals surface area contributed by atoms with Crippen molar-refractivity contribution in [2.45, 2.75) is 65.0 Å². The van der Waals surface area contributed by atoms with Gasteiger partial charge in [0, 0.05) is 13.0 Å². The third-order valence-electron chi connectivity index (χ3n) is 6.33. The molecule has 1 unspecified atom stereocenters. The number of nitrogens with zero attached hydrogens (tertiary/aromatic N) is 8. The Morgan fingerprint density at radius 1 is 1.18 bits per heavy atom. The van der Waals surface area contributed by atoms with Crippen LogP contribution in [-0.2, 0) is 7.05 Å². The van der Waals surface area contributed by atoms with Crippen LogP contribution in [0.2, 0.25) is 0 Å². The molecular formula is C20H27N8+. The molecule has 1 fully saturated rings. The third kappa shape index (κ3) is 2.40. The van der Waals surface area contributed by atoms with Gasteiger partial charge in [0.05, 0.1) is 19.3 Å². The van der Waals surface area contributed by atoms with Gasteiger partial charge in [0.25, 0.3) is 5.82 Å². The fourth-order valence-electron chi connectivity index (χ4n) is 4.74. The molecule has 4 heterocycles. The van der Waals surface area contributed by atoms with Crippen molar-refractivity contribution in [1.29, 1.82) is 0 Å². The van der Waals surface area contributed by atoms with Gasteiger partial charge in [-0.2, -0.15) is 14.5 Å². The Morgan fingerprint density at radius 3 is 2.64 bits per heavy atom. The van der Waals surface area contributed by atoms with E-state index in [1.54, 1.807) is 0 Å². The maximum atomic E-state index is 5.09. The highest BCUT2D eigenvalue weighted by molar-refractivity contribution is 5.63. The Bertz CT molecular complexity index is 1030. The lowest BCUT2D eigenvalue weighted by Crippen LogP contribution is -2.42. The van der Waals surface area contributed by atoms with E-state index in [0.717, 1.165) is 35.4 Å². The molecule has 3 aromatic rings. The standard InChI is InChI=1S/C20H27N8/c1-5-16-19-24-23-13(2)27(19)17-12-21-20(26-11-10-25(4)14(26)3)22-18(17)28(16)15-8-6-7-9-15/h10-12,15-16H,5-9H2,1-4H3/q+1. The van der Waals surface area contributed by atoms with E-state index in [-0.39, 0.29) is 6.04 Å². The van der Waals surface area contributed by atoms with Crippen molar-refractivity contribution in [2.24, 2.45) is 7.05 Å². The number of rotatable bonds is 3. The topological polar surface area (TPSA) is 68.5 Å². The van der Waals surface area contributed by atoms with Crippen molar-refractivity contribution < 1.29 is 4.57 Å². The van der Waals surface area contributed by atoms with E-state index >= 15 is 0 Å². The van der Waals surface area contributed by atoms with Crippen LogP contribution in [-0.4, -0.2) is 35.3 Å². The first kappa shape index (κ1) is 17.3. The Hall–Kier alpha value is -2.77. The van der Waals surface area contributed by atoms with Crippen molar-refractivity contribution in [1.82, 2.24) is 29.3 Å². The fourth-order valence-corrected chi connectivity index (χ4v) is 4.74. The SMILES string of the molecule is CCC1c2nnc(C)n2-c2cnc(-n3cc[n+](C)c3C)nc2N1C1CCCC1. The normalized spacial score (nSPS) is 19.1. The van der Waals surface area contributed by atoms with Gasteiger partial charge in [-0.05, 0) is 26.2 Å². The molecule has 1 aliphatic carbocycles. The molecule has 0 saturated heterocycles. The quantitative estimate of drug-likeness (QED) is 0.654. The summed E-state index contributed by atoms with van der Waals surface area (Å²) in [5, 5.41) is 8.91. The van der Waals surface area contributed by atoms with Crippen molar-refractivity contribution in [3.05, 3.63) is 36.1 Å². The van der Waals surface area contributed by atoms with Crippen LogP contribution >= 0.6 is 0 Å². The summed E-state index contributed by atoms with van der Waals surface area (Å²) < 4.78 is 6.26. The summed E-state index contributed by atoms with van der Waals surface area (Å²) in [5.41, 5.74) is 0.993. The Kier molecular flexibility index (Phi) is 3.96. The van der Waals surface area contributed by atoms with E-state index in [1.165, 1.54) is 25.7 Å². The van der Waals surface area contributed by atoms with E-state index < -0.39 is 0 Å². The summed E-state index contributed by atoms with van der Waals surface area (Å²) in [4.78, 5) is 12.3. The maximum absolute atomic E-state index is 5.09. The molecule has 5 rings (SSSR count). The predicted molar refractivity (Wildman–Crippen MR) is 105 cm³/mol. The lowest BCUT2D eigenvalue weighted by Gasteiger charge is -2.40. The molecule has 0 aromatic carbocycles. The van der Waals surface area contributed by atoms with Crippen LogP contribution in [0.5, 0.6) is 0 Å². The summed E-state index contributed by atoms with van der Waals surface area (Å²) in [6, 6.07) is 0.695. The molecule has 8 nitrogen and oxygen atoms in total. The van der Waals surface area contributed by atoms with Gasteiger partial charge < -0.3 is 4.90 Å². The first-order chi connectivity index (χ1) is 13.6. The summed E-state index contributed by atoms with van der Waals surface area (Å²) in [6.45, 7) is 6.31. The molecule has 0 radical (unpaired) electrons. The van der Waals surface area contributed by atoms with Crippen LogP contribution in [0.3, 0.4) is 0 Å². The van der Waals surface area contributed by atoms with Crippen LogP contribution in [0.25, 0.3) is 11.6 Å². The molecule has 8 heteroatoms. The molecule has 1 aliphatic heterocycles. The Labute approximate surface area is 164 Å².